The van der Waals surface area contributed by atoms with Gasteiger partial charge in [-0.25, -0.2) is 4.98 Å². The summed E-state index contributed by atoms with van der Waals surface area (Å²) in [6, 6.07) is 13.1. The molecule has 3 aromatic rings. The molecule has 0 aliphatic carbocycles. The predicted octanol–water partition coefficient (Wildman–Crippen LogP) is 3.15. The average molecular weight is 335 g/mol. The van der Waals surface area contributed by atoms with Crippen LogP contribution in [0.15, 0.2) is 54.9 Å². The molecule has 0 atom stereocenters. The summed E-state index contributed by atoms with van der Waals surface area (Å²) in [7, 11) is 0. The van der Waals surface area contributed by atoms with Crippen LogP contribution in [0.1, 0.15) is 16.8 Å². The van der Waals surface area contributed by atoms with Crippen LogP contribution in [-0.2, 0) is 13.0 Å². The van der Waals surface area contributed by atoms with Crippen molar-refractivity contribution in [3.63, 3.8) is 0 Å². The summed E-state index contributed by atoms with van der Waals surface area (Å²) in [6.45, 7) is 3.33. The maximum absolute atomic E-state index is 9.31. The molecule has 0 aliphatic rings. The number of hydrogen-bond acceptors (Lipinski definition) is 6. The third kappa shape index (κ3) is 5.17. The van der Waals surface area contributed by atoms with E-state index in [9.17, 15) is 5.11 Å². The van der Waals surface area contributed by atoms with Crippen LogP contribution in [0.25, 0.3) is 0 Å². The average Bonchev–Trinajstić information content (AvgIpc) is 2.62. The van der Waals surface area contributed by atoms with E-state index in [4.69, 9.17) is 0 Å². The summed E-state index contributed by atoms with van der Waals surface area (Å²) in [4.78, 5) is 13.0. The smallest absolute Gasteiger partial charge is 0.225 e. The highest BCUT2D eigenvalue weighted by atomic mass is 16.3. The van der Waals surface area contributed by atoms with Crippen LogP contribution in [0, 0.1) is 6.92 Å². The van der Waals surface area contributed by atoms with Crippen molar-refractivity contribution in [1.82, 2.24) is 15.0 Å². The summed E-state index contributed by atoms with van der Waals surface area (Å²) in [5, 5.41) is 15.9. The highest BCUT2D eigenvalue weighted by Crippen LogP contribution is 2.12. The number of aromatic nitrogens is 3. The molecule has 0 aliphatic heterocycles. The number of aromatic hydroxyl groups is 1. The lowest BCUT2D eigenvalue weighted by molar-refractivity contribution is 0.475. The standard InChI is InChI=1S/C19H21N5O/c1-14-11-18(21-10-8-15-4-6-17(25)7-5-15)24-19(23-14)22-13-16-3-2-9-20-12-16/h2-7,9,11-12,25H,8,10,13H2,1H3,(H2,21,22,23,24). The van der Waals surface area contributed by atoms with Gasteiger partial charge in [0, 0.05) is 37.2 Å². The summed E-state index contributed by atoms with van der Waals surface area (Å²) >= 11 is 0. The second-order valence-corrected chi connectivity index (χ2v) is 5.78. The van der Waals surface area contributed by atoms with Gasteiger partial charge < -0.3 is 15.7 Å². The Kier molecular flexibility index (Phi) is 5.41. The Hall–Kier alpha value is -3.15. The molecule has 0 unspecified atom stereocenters. The highest BCUT2D eigenvalue weighted by Gasteiger charge is 2.03. The first-order chi connectivity index (χ1) is 12.2. The van der Waals surface area contributed by atoms with E-state index in [-0.39, 0.29) is 5.75 Å². The van der Waals surface area contributed by atoms with E-state index in [1.165, 1.54) is 0 Å². The van der Waals surface area contributed by atoms with Crippen molar-refractivity contribution in [2.45, 2.75) is 19.9 Å². The Morgan fingerprint density at radius 1 is 1.00 bits per heavy atom. The third-order valence-corrected chi connectivity index (χ3v) is 3.68. The van der Waals surface area contributed by atoms with Crippen molar-refractivity contribution in [2.24, 2.45) is 0 Å². The van der Waals surface area contributed by atoms with Gasteiger partial charge in [0.2, 0.25) is 5.95 Å². The summed E-state index contributed by atoms with van der Waals surface area (Å²) in [5.74, 6) is 1.67. The predicted molar refractivity (Wildman–Crippen MR) is 98.6 cm³/mol. The van der Waals surface area contributed by atoms with Crippen molar-refractivity contribution in [3.8, 4) is 5.75 Å². The minimum Gasteiger partial charge on any atom is -0.508 e. The molecule has 0 amide bonds. The summed E-state index contributed by atoms with van der Waals surface area (Å²) < 4.78 is 0. The number of aryl methyl sites for hydroxylation is 1. The van der Waals surface area contributed by atoms with Crippen molar-refractivity contribution >= 4 is 11.8 Å². The van der Waals surface area contributed by atoms with Crippen molar-refractivity contribution in [3.05, 3.63) is 71.7 Å². The molecule has 0 radical (unpaired) electrons. The first-order valence-corrected chi connectivity index (χ1v) is 8.19. The molecule has 6 heteroatoms. The Morgan fingerprint density at radius 3 is 2.60 bits per heavy atom. The van der Waals surface area contributed by atoms with Crippen LogP contribution >= 0.6 is 0 Å². The largest absolute Gasteiger partial charge is 0.508 e. The maximum atomic E-state index is 9.31. The molecule has 25 heavy (non-hydrogen) atoms. The molecule has 2 heterocycles. The maximum Gasteiger partial charge on any atom is 0.225 e. The van der Waals surface area contributed by atoms with Gasteiger partial charge in [0.05, 0.1) is 0 Å². The number of hydrogen-bond donors (Lipinski definition) is 3. The molecular formula is C19H21N5O. The molecule has 0 spiro atoms. The van der Waals surface area contributed by atoms with E-state index in [0.717, 1.165) is 35.6 Å². The zero-order valence-corrected chi connectivity index (χ0v) is 14.1. The number of phenols is 1. The summed E-state index contributed by atoms with van der Waals surface area (Å²) in [5.41, 5.74) is 3.14. The first-order valence-electron chi connectivity index (χ1n) is 8.19. The number of pyridine rings is 1. The minimum absolute atomic E-state index is 0.285. The zero-order chi connectivity index (χ0) is 17.5. The minimum atomic E-state index is 0.285. The van der Waals surface area contributed by atoms with E-state index < -0.39 is 0 Å². The lowest BCUT2D eigenvalue weighted by atomic mass is 10.1. The van der Waals surface area contributed by atoms with Crippen molar-refractivity contribution in [2.75, 3.05) is 17.2 Å². The van der Waals surface area contributed by atoms with Crippen LogP contribution in [0.3, 0.4) is 0 Å². The molecule has 3 rings (SSSR count). The van der Waals surface area contributed by atoms with Gasteiger partial charge in [-0.05, 0) is 42.7 Å². The second kappa shape index (κ2) is 8.10. The lowest BCUT2D eigenvalue weighted by Crippen LogP contribution is -2.10. The molecule has 2 aromatic heterocycles. The van der Waals surface area contributed by atoms with E-state index in [1.807, 2.05) is 43.5 Å². The van der Waals surface area contributed by atoms with Gasteiger partial charge in [0.1, 0.15) is 11.6 Å². The van der Waals surface area contributed by atoms with E-state index in [2.05, 4.69) is 25.6 Å². The zero-order valence-electron chi connectivity index (χ0n) is 14.1. The number of rotatable bonds is 7. The molecule has 1 aromatic carbocycles. The van der Waals surface area contributed by atoms with Crippen LogP contribution < -0.4 is 10.6 Å². The number of benzene rings is 1. The molecule has 128 valence electrons. The Labute approximate surface area is 147 Å². The van der Waals surface area contributed by atoms with E-state index in [0.29, 0.717) is 12.5 Å². The van der Waals surface area contributed by atoms with E-state index >= 15 is 0 Å². The molecular weight excluding hydrogens is 314 g/mol. The number of nitrogens with zero attached hydrogens (tertiary/aromatic N) is 3. The van der Waals surface area contributed by atoms with Gasteiger partial charge in [-0.1, -0.05) is 18.2 Å². The van der Waals surface area contributed by atoms with Gasteiger partial charge in [-0.15, -0.1) is 0 Å². The van der Waals surface area contributed by atoms with Crippen molar-refractivity contribution < 1.29 is 5.11 Å². The van der Waals surface area contributed by atoms with Crippen LogP contribution in [0.5, 0.6) is 5.75 Å². The molecule has 3 N–H and O–H groups in total. The molecule has 0 bridgehead atoms. The van der Waals surface area contributed by atoms with Crippen LogP contribution in [-0.4, -0.2) is 26.6 Å². The van der Waals surface area contributed by atoms with Gasteiger partial charge in [-0.2, -0.15) is 4.98 Å². The van der Waals surface area contributed by atoms with E-state index in [1.54, 1.807) is 18.3 Å². The fourth-order valence-corrected chi connectivity index (χ4v) is 2.42. The molecule has 0 saturated carbocycles. The number of anilines is 2. The lowest BCUT2D eigenvalue weighted by Gasteiger charge is -2.10. The van der Waals surface area contributed by atoms with Gasteiger partial charge in [0.15, 0.2) is 0 Å². The second-order valence-electron chi connectivity index (χ2n) is 5.78. The Morgan fingerprint density at radius 2 is 1.84 bits per heavy atom. The number of phenolic OH excluding ortho intramolecular Hbond substituents is 1. The van der Waals surface area contributed by atoms with Crippen LogP contribution in [0.2, 0.25) is 0 Å². The normalized spacial score (nSPS) is 10.4. The highest BCUT2D eigenvalue weighted by molar-refractivity contribution is 5.42. The monoisotopic (exact) mass is 335 g/mol. The fraction of sp³-hybridized carbons (Fsp3) is 0.211. The quantitative estimate of drug-likeness (QED) is 0.615. The fourth-order valence-electron chi connectivity index (χ4n) is 2.42. The first kappa shape index (κ1) is 16.7. The summed E-state index contributed by atoms with van der Waals surface area (Å²) in [6.07, 6.45) is 4.42. The Bertz CT molecular complexity index is 806. The SMILES string of the molecule is Cc1cc(NCCc2ccc(O)cc2)nc(NCc2cccnc2)n1. The van der Waals surface area contributed by atoms with Crippen LogP contribution in [0.4, 0.5) is 11.8 Å². The topological polar surface area (TPSA) is 83.0 Å². The molecule has 0 saturated heterocycles. The third-order valence-electron chi connectivity index (χ3n) is 3.68. The molecule has 6 nitrogen and oxygen atoms in total. The van der Waals surface area contributed by atoms with Gasteiger partial charge in [-0.3, -0.25) is 4.98 Å². The Balaban J connectivity index is 1.56. The van der Waals surface area contributed by atoms with Gasteiger partial charge >= 0.3 is 0 Å². The van der Waals surface area contributed by atoms with Gasteiger partial charge in [0.25, 0.3) is 0 Å². The molecule has 0 fully saturated rings. The number of nitrogens with one attached hydrogen (secondary N) is 2. The van der Waals surface area contributed by atoms with Crippen molar-refractivity contribution in [1.29, 1.82) is 0 Å².